The zero-order valence-corrected chi connectivity index (χ0v) is 3.38. The summed E-state index contributed by atoms with van der Waals surface area (Å²) in [4.78, 5) is 0. The van der Waals surface area contributed by atoms with Crippen molar-refractivity contribution in [3.8, 4) is 0 Å². The first kappa shape index (κ1) is 56.9. The minimum Gasteiger partial charge on any atom is -0.0149 e. The molecule has 0 spiro atoms. The Balaban J connectivity index is 0. The molecule has 0 aromatic carbocycles. The Hall–Kier alpha value is 1.32. The average molecular weight is 161 g/mol. The maximum Gasteiger partial charge on any atom is 0 e. The summed E-state index contributed by atoms with van der Waals surface area (Å²) in [5.74, 6) is 0. The molecule has 0 saturated heterocycles. The van der Waals surface area contributed by atoms with E-state index in [0.29, 0.717) is 0 Å². The van der Waals surface area contributed by atoms with Crippen LogP contribution in [0, 0.1) is 0 Å². The van der Waals surface area contributed by atoms with E-state index >= 15 is 0 Å². The summed E-state index contributed by atoms with van der Waals surface area (Å²) in [5.41, 5.74) is 0. The Labute approximate surface area is 53.7 Å². The van der Waals surface area contributed by atoms with Crippen molar-refractivity contribution in [1.82, 2.24) is 0 Å². The van der Waals surface area contributed by atoms with Gasteiger partial charge in [0.25, 0.3) is 0 Å². The van der Waals surface area contributed by atoms with E-state index in [0.717, 1.165) is 0 Å². The summed E-state index contributed by atoms with van der Waals surface area (Å²) in [6, 6.07) is 0. The van der Waals surface area contributed by atoms with Crippen LogP contribution in [0.4, 0.5) is 0 Å². The van der Waals surface area contributed by atoms with Gasteiger partial charge in [-0.1, -0.05) is 0 Å². The van der Waals surface area contributed by atoms with Gasteiger partial charge in [0.2, 0.25) is 0 Å². The van der Waals surface area contributed by atoms with Crippen LogP contribution in [0.1, 0.15) is 0 Å². The fourth-order valence-electron chi connectivity index (χ4n) is 0. The van der Waals surface area contributed by atoms with Gasteiger partial charge in [0.05, 0.1) is 0 Å². The molecule has 0 N–H and O–H groups in total. The minimum absolute atomic E-state index is 0. The van der Waals surface area contributed by atoms with Crippen LogP contribution in [0.15, 0.2) is 0 Å². The van der Waals surface area contributed by atoms with Gasteiger partial charge in [-0.05, 0) is 11.0 Å². The van der Waals surface area contributed by atoms with Gasteiger partial charge >= 0.3 is 0 Å². The van der Waals surface area contributed by atoms with Crippen LogP contribution >= 0.6 is 0 Å². The van der Waals surface area contributed by atoms with Crippen molar-refractivity contribution in [3.05, 3.63) is 0 Å². The van der Waals surface area contributed by atoms with E-state index in [1.54, 1.807) is 0 Å². The molecular weight excluding hydrogens is 157 g/mol. The van der Waals surface area contributed by atoms with Crippen molar-refractivity contribution in [2.24, 2.45) is 0 Å². The van der Waals surface area contributed by atoms with E-state index in [4.69, 9.17) is 0 Å². The van der Waals surface area contributed by atoms with Crippen LogP contribution in [0.3, 0.4) is 0 Å². The van der Waals surface area contributed by atoms with Gasteiger partial charge in [0.1, 0.15) is 0 Å². The zero-order valence-electron chi connectivity index (χ0n) is 1.26. The Morgan fingerprint density at radius 1 is 1.00 bits per heavy atom. The molecule has 0 aliphatic carbocycles. The van der Waals surface area contributed by atoms with E-state index < -0.39 is 0 Å². The van der Waals surface area contributed by atoms with Gasteiger partial charge in [-0.25, -0.2) is 0 Å². The smallest absolute Gasteiger partial charge is 0 e. The summed E-state index contributed by atoms with van der Waals surface area (Å²) in [6.07, 6.45) is 0. The largest absolute Gasteiger partial charge is 0.0149 e. The van der Waals surface area contributed by atoms with E-state index in [-0.39, 0.29) is 53.5 Å². The van der Waals surface area contributed by atoms with Crippen molar-refractivity contribution in [1.29, 1.82) is 0 Å². The maximum absolute atomic E-state index is 0. The first-order chi connectivity index (χ1) is 0. The van der Waals surface area contributed by atoms with Crippen molar-refractivity contribution >= 4 is 19.4 Å². The molecule has 0 rings (SSSR count). The molecule has 0 saturated carbocycles. The van der Waals surface area contributed by atoms with Crippen molar-refractivity contribution in [2.75, 3.05) is 0 Å². The molecule has 0 amide bonds. The Morgan fingerprint density at radius 3 is 1.00 bits per heavy atom. The molecular formula is H4BCuMnSi. The van der Waals surface area contributed by atoms with E-state index in [2.05, 4.69) is 0 Å². The summed E-state index contributed by atoms with van der Waals surface area (Å²) in [7, 11) is 0. The standard InChI is InChI=1S/B.Cu.Mn.H4Si/h;;;1H4. The Bertz CT molecular complexity index is 8.00. The molecule has 29 valence electrons. The van der Waals surface area contributed by atoms with Crippen LogP contribution in [0.2, 0.25) is 0 Å². The maximum atomic E-state index is 0. The first-order valence-electron chi connectivity index (χ1n) is 0. The molecule has 0 nitrogen and oxygen atoms in total. The van der Waals surface area contributed by atoms with Crippen molar-refractivity contribution in [2.45, 2.75) is 0 Å². The summed E-state index contributed by atoms with van der Waals surface area (Å²) >= 11 is 0. The molecule has 0 aromatic rings. The first-order valence-corrected chi connectivity index (χ1v) is 0. The molecule has 0 fully saturated rings. The van der Waals surface area contributed by atoms with Gasteiger partial charge in [0, 0.05) is 42.6 Å². The number of hydrogen-bond donors (Lipinski definition) is 0. The second-order valence-electron chi connectivity index (χ2n) is 0. The predicted octanol–water partition coefficient (Wildman–Crippen LogP) is -1.84. The van der Waals surface area contributed by atoms with E-state index in [1.807, 2.05) is 0 Å². The minimum atomic E-state index is 0. The predicted molar refractivity (Wildman–Crippen MR) is 17.1 cm³/mol. The molecule has 0 atom stereocenters. The van der Waals surface area contributed by atoms with Crippen molar-refractivity contribution < 1.29 is 34.1 Å². The number of rotatable bonds is 0. The van der Waals surface area contributed by atoms with E-state index in [1.165, 1.54) is 0 Å². The van der Waals surface area contributed by atoms with Gasteiger partial charge in [-0.3, -0.25) is 0 Å². The fraction of sp³-hybridized carbons (Fsp3) is 0. The molecule has 4 heteroatoms. The Kier molecular flexibility index (Phi) is 389. The molecule has 0 aliphatic rings. The topological polar surface area (TPSA) is 0 Å². The van der Waals surface area contributed by atoms with Crippen LogP contribution in [-0.2, 0) is 34.1 Å². The van der Waals surface area contributed by atoms with Crippen molar-refractivity contribution in [3.63, 3.8) is 0 Å². The molecule has 0 aliphatic heterocycles. The summed E-state index contributed by atoms with van der Waals surface area (Å²) < 4.78 is 0. The van der Waals surface area contributed by atoms with Gasteiger partial charge in [0.15, 0.2) is 0 Å². The molecule has 5 radical (unpaired) electrons. The molecule has 4 heavy (non-hydrogen) atoms. The molecule has 0 aromatic heterocycles. The third-order valence-electron chi connectivity index (χ3n) is 0. The quantitative estimate of drug-likeness (QED) is 0.367. The third-order valence-corrected chi connectivity index (χ3v) is 0. The second kappa shape index (κ2) is 27.3. The van der Waals surface area contributed by atoms with E-state index in [9.17, 15) is 0 Å². The number of hydrogen-bond acceptors (Lipinski definition) is 0. The monoisotopic (exact) mass is 161 g/mol. The summed E-state index contributed by atoms with van der Waals surface area (Å²) in [6.45, 7) is 0. The van der Waals surface area contributed by atoms with Gasteiger partial charge < -0.3 is 0 Å². The fourth-order valence-corrected chi connectivity index (χ4v) is 0. The normalized spacial score (nSPS) is 0. The third kappa shape index (κ3) is 10.3. The van der Waals surface area contributed by atoms with Crippen LogP contribution in [0.5, 0.6) is 0 Å². The average Bonchev–Trinajstić information content (AvgIpc) is 0. The zero-order chi connectivity index (χ0) is 0. The molecule has 0 unspecified atom stereocenters. The Morgan fingerprint density at radius 2 is 1.00 bits per heavy atom. The van der Waals surface area contributed by atoms with Crippen LogP contribution < -0.4 is 0 Å². The SMILES string of the molecule is [B].[Cu].[Mn].[SiH4]. The molecule has 0 bridgehead atoms. The van der Waals surface area contributed by atoms with Gasteiger partial charge in [-0.15, -0.1) is 0 Å². The molecule has 0 heterocycles. The van der Waals surface area contributed by atoms with Crippen LogP contribution in [-0.4, -0.2) is 19.4 Å². The van der Waals surface area contributed by atoms with Gasteiger partial charge in [-0.2, -0.15) is 0 Å². The summed E-state index contributed by atoms with van der Waals surface area (Å²) in [5, 5.41) is 0. The van der Waals surface area contributed by atoms with Crippen LogP contribution in [0.25, 0.3) is 0 Å². The second-order valence-corrected chi connectivity index (χ2v) is 0.